The Hall–Kier alpha value is -5.52. The van der Waals surface area contributed by atoms with Crippen LogP contribution in [-0.4, -0.2) is 33.6 Å². The van der Waals surface area contributed by atoms with Crippen LogP contribution < -0.4 is 14.9 Å². The first-order chi connectivity index (χ1) is 17.9. The Labute approximate surface area is 209 Å². The molecular weight excluding hydrogens is 482 g/mol. The zero-order chi connectivity index (χ0) is 26.4. The number of nitro groups is 2. The van der Waals surface area contributed by atoms with Crippen molar-refractivity contribution in [2.75, 3.05) is 7.11 Å². The van der Waals surface area contributed by atoms with Crippen molar-refractivity contribution in [2.45, 2.75) is 0 Å². The number of hydrogen-bond acceptors (Lipinski definition) is 8. The molecule has 0 fully saturated rings. The van der Waals surface area contributed by atoms with Crippen LogP contribution in [0.1, 0.15) is 15.9 Å². The fourth-order valence-corrected chi connectivity index (χ4v) is 3.43. The summed E-state index contributed by atoms with van der Waals surface area (Å²) < 4.78 is 12.8. The van der Waals surface area contributed by atoms with Crippen LogP contribution in [0.5, 0.6) is 17.2 Å². The normalized spacial score (nSPS) is 10.7. The van der Waals surface area contributed by atoms with Crippen molar-refractivity contribution in [3.05, 3.63) is 117 Å². The maximum absolute atomic E-state index is 12.7. The summed E-state index contributed by atoms with van der Waals surface area (Å²) in [5.41, 5.74) is 3.16. The lowest BCUT2D eigenvalue weighted by Crippen LogP contribution is -2.19. The number of hydrazone groups is 1. The number of non-ortho nitro benzene ring substituents is 1. The molecule has 1 aromatic heterocycles. The molecule has 0 saturated carbocycles. The van der Waals surface area contributed by atoms with E-state index in [2.05, 4.69) is 10.5 Å². The molecule has 0 unspecified atom stereocenters. The summed E-state index contributed by atoms with van der Waals surface area (Å²) >= 11 is 0. The van der Waals surface area contributed by atoms with E-state index in [1.165, 1.54) is 19.4 Å². The molecule has 0 aliphatic heterocycles. The third kappa shape index (κ3) is 5.59. The highest BCUT2D eigenvalue weighted by molar-refractivity contribution is 5.98. The smallest absolute Gasteiger partial charge is 0.318 e. The lowest BCUT2D eigenvalue weighted by Gasteiger charge is -2.11. The van der Waals surface area contributed by atoms with Gasteiger partial charge >= 0.3 is 5.69 Å². The number of nitrogens with one attached hydrogen (secondary N) is 1. The number of hydrogen-bond donors (Lipinski definition) is 1. The number of carbonyl (C=O) groups excluding carboxylic acids is 1. The van der Waals surface area contributed by atoms with Gasteiger partial charge in [0.15, 0.2) is 11.5 Å². The molecule has 186 valence electrons. The average Bonchev–Trinajstić information content (AvgIpc) is 3.44. The van der Waals surface area contributed by atoms with Crippen LogP contribution in [0.15, 0.2) is 90.3 Å². The number of benzene rings is 3. The summed E-state index contributed by atoms with van der Waals surface area (Å²) in [6, 6.07) is 18.5. The number of amides is 1. The Morgan fingerprint density at radius 3 is 2.35 bits per heavy atom. The highest BCUT2D eigenvalue weighted by Gasteiger charge is 2.22. The fraction of sp³-hybridized carbons (Fsp3) is 0.0400. The van der Waals surface area contributed by atoms with E-state index in [1.54, 1.807) is 24.3 Å². The molecule has 0 radical (unpaired) electrons. The number of methoxy groups -OCH3 is 1. The first-order valence-electron chi connectivity index (χ1n) is 10.7. The van der Waals surface area contributed by atoms with Crippen LogP contribution in [-0.2, 0) is 0 Å². The summed E-state index contributed by atoms with van der Waals surface area (Å²) in [5.74, 6) is -0.232. The van der Waals surface area contributed by atoms with Crippen LogP contribution in [0.4, 0.5) is 11.4 Å². The second-order valence-corrected chi connectivity index (χ2v) is 7.49. The van der Waals surface area contributed by atoms with Gasteiger partial charge in [-0.05, 0) is 54.1 Å². The molecule has 3 aromatic carbocycles. The van der Waals surface area contributed by atoms with Gasteiger partial charge in [0.05, 0.1) is 40.5 Å². The predicted molar refractivity (Wildman–Crippen MR) is 134 cm³/mol. The molecule has 4 aromatic rings. The lowest BCUT2D eigenvalue weighted by molar-refractivity contribution is -0.394. The molecule has 0 aliphatic carbocycles. The molecule has 0 aliphatic rings. The van der Waals surface area contributed by atoms with Gasteiger partial charge < -0.3 is 14.0 Å². The highest BCUT2D eigenvalue weighted by atomic mass is 16.6. The molecule has 1 amide bonds. The monoisotopic (exact) mass is 501 g/mol. The molecule has 0 saturated heterocycles. The van der Waals surface area contributed by atoms with Gasteiger partial charge in [0.1, 0.15) is 0 Å². The lowest BCUT2D eigenvalue weighted by atomic mass is 10.1. The largest absolute Gasteiger partial charge is 0.493 e. The quantitative estimate of drug-likeness (QED) is 0.195. The predicted octanol–water partition coefficient (Wildman–Crippen LogP) is 4.86. The third-order valence-electron chi connectivity index (χ3n) is 5.17. The number of aromatic nitrogens is 1. The minimum atomic E-state index is -0.771. The Bertz CT molecular complexity index is 1500. The van der Waals surface area contributed by atoms with Crippen molar-refractivity contribution >= 4 is 23.5 Å². The molecular formula is C25H19N5O7. The van der Waals surface area contributed by atoms with E-state index in [4.69, 9.17) is 9.47 Å². The van der Waals surface area contributed by atoms with Crippen LogP contribution in [0.25, 0.3) is 5.69 Å². The van der Waals surface area contributed by atoms with E-state index in [0.29, 0.717) is 16.8 Å². The van der Waals surface area contributed by atoms with E-state index in [1.807, 2.05) is 41.2 Å². The molecule has 0 bridgehead atoms. The summed E-state index contributed by atoms with van der Waals surface area (Å²) in [4.78, 5) is 33.5. The zero-order valence-electron chi connectivity index (χ0n) is 19.3. The van der Waals surface area contributed by atoms with Crippen molar-refractivity contribution in [1.82, 2.24) is 9.99 Å². The van der Waals surface area contributed by atoms with Gasteiger partial charge in [0.2, 0.25) is 5.75 Å². The number of para-hydroxylation sites is 1. The highest BCUT2D eigenvalue weighted by Crippen LogP contribution is 2.38. The molecule has 0 atom stereocenters. The van der Waals surface area contributed by atoms with Gasteiger partial charge in [0.25, 0.3) is 11.6 Å². The van der Waals surface area contributed by atoms with Crippen molar-refractivity contribution in [2.24, 2.45) is 5.10 Å². The molecule has 1 heterocycles. The van der Waals surface area contributed by atoms with Crippen LogP contribution in [0.3, 0.4) is 0 Å². The molecule has 1 N–H and O–H groups in total. The van der Waals surface area contributed by atoms with Crippen molar-refractivity contribution in [3.63, 3.8) is 0 Å². The topological polar surface area (TPSA) is 151 Å². The summed E-state index contributed by atoms with van der Waals surface area (Å²) in [5, 5.41) is 26.3. The second kappa shape index (κ2) is 10.8. The summed E-state index contributed by atoms with van der Waals surface area (Å²) in [7, 11) is 1.38. The second-order valence-electron chi connectivity index (χ2n) is 7.49. The minimum absolute atomic E-state index is 0.140. The van der Waals surface area contributed by atoms with Gasteiger partial charge in [-0.3, -0.25) is 25.0 Å². The summed E-state index contributed by atoms with van der Waals surface area (Å²) in [6.45, 7) is 0. The molecule has 0 spiro atoms. The first kappa shape index (κ1) is 24.6. The number of carbonyl (C=O) groups is 1. The fourth-order valence-electron chi connectivity index (χ4n) is 3.43. The van der Waals surface area contributed by atoms with Gasteiger partial charge in [-0.25, -0.2) is 5.43 Å². The van der Waals surface area contributed by atoms with Crippen molar-refractivity contribution in [1.29, 1.82) is 0 Å². The number of nitro benzene ring substituents is 2. The van der Waals surface area contributed by atoms with Gasteiger partial charge in [-0.1, -0.05) is 12.1 Å². The first-order valence-corrected chi connectivity index (χ1v) is 10.7. The van der Waals surface area contributed by atoms with E-state index in [0.717, 1.165) is 18.2 Å². The molecule has 12 heteroatoms. The van der Waals surface area contributed by atoms with Crippen LogP contribution in [0.2, 0.25) is 0 Å². The van der Waals surface area contributed by atoms with Crippen LogP contribution in [0, 0.1) is 20.2 Å². The van der Waals surface area contributed by atoms with E-state index in [-0.39, 0.29) is 17.2 Å². The minimum Gasteiger partial charge on any atom is -0.493 e. The zero-order valence-corrected chi connectivity index (χ0v) is 19.3. The average molecular weight is 501 g/mol. The Kier molecular flexibility index (Phi) is 7.19. The van der Waals surface area contributed by atoms with E-state index in [9.17, 15) is 25.0 Å². The number of rotatable bonds is 9. The number of nitrogens with zero attached hydrogens (tertiary/aromatic N) is 4. The Morgan fingerprint density at radius 1 is 0.919 bits per heavy atom. The number of ether oxygens (including phenoxy) is 2. The third-order valence-corrected chi connectivity index (χ3v) is 5.17. The van der Waals surface area contributed by atoms with Crippen LogP contribution >= 0.6 is 0 Å². The van der Waals surface area contributed by atoms with Crippen molar-refractivity contribution in [3.8, 4) is 22.9 Å². The Morgan fingerprint density at radius 2 is 1.65 bits per heavy atom. The van der Waals surface area contributed by atoms with Gasteiger partial charge in [-0.2, -0.15) is 5.10 Å². The Balaban J connectivity index is 1.50. The molecule has 12 nitrogen and oxygen atoms in total. The van der Waals surface area contributed by atoms with Crippen molar-refractivity contribution < 1.29 is 24.1 Å². The van der Waals surface area contributed by atoms with Gasteiger partial charge in [-0.15, -0.1) is 0 Å². The maximum atomic E-state index is 12.7. The molecule has 37 heavy (non-hydrogen) atoms. The van der Waals surface area contributed by atoms with E-state index < -0.39 is 27.1 Å². The molecule has 4 rings (SSSR count). The van der Waals surface area contributed by atoms with E-state index >= 15 is 0 Å². The summed E-state index contributed by atoms with van der Waals surface area (Å²) in [6.07, 6.45) is 5.06. The SMILES string of the molecule is COc1cc(/C=N\NC(=O)c2ccccc2-n2cccc2)ccc1Oc1ccc([N+](=O)[O-])cc1[N+](=O)[O-]. The maximum Gasteiger partial charge on any atom is 0.318 e. The van der Waals surface area contributed by atoms with Gasteiger partial charge in [0, 0.05) is 18.5 Å². The standard InChI is InChI=1S/C25H19N5O7/c1-36-24-14-17(8-10-23(24)37-22-11-9-18(29(32)33)15-21(22)30(34)35)16-26-27-25(31)19-6-2-3-7-20(19)28-12-4-5-13-28/h2-16H,1H3,(H,27,31)/b26-16-.